The third-order valence-electron chi connectivity index (χ3n) is 3.86. The number of amides is 1. The van der Waals surface area contributed by atoms with Crippen molar-refractivity contribution in [2.45, 2.75) is 53.0 Å². The van der Waals surface area contributed by atoms with Crippen molar-refractivity contribution in [1.29, 1.82) is 0 Å². The van der Waals surface area contributed by atoms with Gasteiger partial charge in [0.1, 0.15) is 0 Å². The summed E-state index contributed by atoms with van der Waals surface area (Å²) >= 11 is 0. The Hall–Kier alpha value is -0.610. The van der Waals surface area contributed by atoms with Crippen LogP contribution in [0.2, 0.25) is 0 Å². The van der Waals surface area contributed by atoms with E-state index < -0.39 is 6.04 Å². The predicted octanol–water partition coefficient (Wildman–Crippen LogP) is 1.60. The molecule has 1 amide bonds. The molecule has 1 rings (SSSR count). The van der Waals surface area contributed by atoms with Crippen LogP contribution in [0.5, 0.6) is 0 Å². The van der Waals surface area contributed by atoms with Crippen LogP contribution in [-0.4, -0.2) is 43.0 Å². The summed E-state index contributed by atoms with van der Waals surface area (Å²) in [5.74, 6) is 0.451. The lowest BCUT2D eigenvalue weighted by Crippen LogP contribution is -2.50. The SMILES string of the molecule is CC(CNC(=O)[C@H](N)C(C)(C)C)CN1CCCCC1. The molecule has 4 heteroatoms. The van der Waals surface area contributed by atoms with E-state index in [4.69, 9.17) is 5.73 Å². The maximum atomic E-state index is 11.9. The largest absolute Gasteiger partial charge is 0.354 e. The van der Waals surface area contributed by atoms with Crippen LogP contribution in [0, 0.1) is 11.3 Å². The van der Waals surface area contributed by atoms with Crippen LogP contribution in [0.3, 0.4) is 0 Å². The van der Waals surface area contributed by atoms with Crippen molar-refractivity contribution in [3.63, 3.8) is 0 Å². The molecule has 112 valence electrons. The average molecular weight is 269 g/mol. The Bertz CT molecular complexity index is 280. The van der Waals surface area contributed by atoms with Crippen LogP contribution in [0.1, 0.15) is 47.0 Å². The molecule has 1 aliphatic rings. The zero-order chi connectivity index (χ0) is 14.5. The van der Waals surface area contributed by atoms with Crippen molar-refractivity contribution in [3.05, 3.63) is 0 Å². The molecular formula is C15H31N3O. The monoisotopic (exact) mass is 269 g/mol. The summed E-state index contributed by atoms with van der Waals surface area (Å²) in [5, 5.41) is 2.99. The summed E-state index contributed by atoms with van der Waals surface area (Å²) in [5.41, 5.74) is 5.76. The minimum Gasteiger partial charge on any atom is -0.354 e. The van der Waals surface area contributed by atoms with Gasteiger partial charge in [-0.25, -0.2) is 0 Å². The average Bonchev–Trinajstić information content (AvgIpc) is 2.35. The zero-order valence-corrected chi connectivity index (χ0v) is 13.0. The van der Waals surface area contributed by atoms with Gasteiger partial charge >= 0.3 is 0 Å². The molecule has 0 radical (unpaired) electrons. The molecule has 4 nitrogen and oxygen atoms in total. The fourth-order valence-electron chi connectivity index (χ4n) is 2.43. The van der Waals surface area contributed by atoms with E-state index in [1.807, 2.05) is 20.8 Å². The number of nitrogens with two attached hydrogens (primary N) is 1. The first-order valence-corrected chi connectivity index (χ1v) is 7.56. The van der Waals surface area contributed by atoms with E-state index in [9.17, 15) is 4.79 Å². The highest BCUT2D eigenvalue weighted by atomic mass is 16.2. The number of nitrogens with zero attached hydrogens (tertiary/aromatic N) is 1. The summed E-state index contributed by atoms with van der Waals surface area (Å²) in [4.78, 5) is 14.4. The summed E-state index contributed by atoms with van der Waals surface area (Å²) in [6, 6.07) is -0.435. The molecule has 1 heterocycles. The van der Waals surface area contributed by atoms with Gasteiger partial charge in [-0.3, -0.25) is 4.79 Å². The molecular weight excluding hydrogens is 238 g/mol. The highest BCUT2D eigenvalue weighted by molar-refractivity contribution is 5.82. The van der Waals surface area contributed by atoms with Crippen LogP contribution in [0.4, 0.5) is 0 Å². The van der Waals surface area contributed by atoms with Crippen LogP contribution < -0.4 is 11.1 Å². The molecule has 19 heavy (non-hydrogen) atoms. The van der Waals surface area contributed by atoms with Gasteiger partial charge in [-0.2, -0.15) is 0 Å². The van der Waals surface area contributed by atoms with E-state index in [0.717, 1.165) is 13.1 Å². The number of likely N-dealkylation sites (tertiary alicyclic amines) is 1. The van der Waals surface area contributed by atoms with Crippen molar-refractivity contribution in [2.24, 2.45) is 17.1 Å². The second-order valence-corrected chi connectivity index (χ2v) is 7.06. The lowest BCUT2D eigenvalue weighted by atomic mass is 9.87. The van der Waals surface area contributed by atoms with Crippen molar-refractivity contribution in [1.82, 2.24) is 10.2 Å². The van der Waals surface area contributed by atoms with Crippen molar-refractivity contribution < 1.29 is 4.79 Å². The van der Waals surface area contributed by atoms with Gasteiger partial charge in [-0.05, 0) is 37.3 Å². The third-order valence-corrected chi connectivity index (χ3v) is 3.86. The van der Waals surface area contributed by atoms with Gasteiger partial charge in [0.15, 0.2) is 0 Å². The summed E-state index contributed by atoms with van der Waals surface area (Å²) in [7, 11) is 0. The molecule has 1 saturated heterocycles. The maximum Gasteiger partial charge on any atom is 0.237 e. The molecule has 2 atom stereocenters. The smallest absolute Gasteiger partial charge is 0.237 e. The molecule has 0 aliphatic carbocycles. The van der Waals surface area contributed by atoms with Crippen LogP contribution in [0.25, 0.3) is 0 Å². The van der Waals surface area contributed by atoms with E-state index >= 15 is 0 Å². The Morgan fingerprint density at radius 2 is 1.84 bits per heavy atom. The molecule has 1 unspecified atom stereocenters. The van der Waals surface area contributed by atoms with Crippen LogP contribution in [-0.2, 0) is 4.79 Å². The van der Waals surface area contributed by atoms with Gasteiger partial charge in [0, 0.05) is 13.1 Å². The van der Waals surface area contributed by atoms with Gasteiger partial charge in [0.05, 0.1) is 6.04 Å². The number of carbonyl (C=O) groups is 1. The molecule has 0 aromatic rings. The van der Waals surface area contributed by atoms with Gasteiger partial charge in [-0.15, -0.1) is 0 Å². The molecule has 0 bridgehead atoms. The summed E-state index contributed by atoms with van der Waals surface area (Å²) < 4.78 is 0. The third kappa shape index (κ3) is 5.91. The number of hydrogen-bond donors (Lipinski definition) is 2. The van der Waals surface area contributed by atoms with Gasteiger partial charge in [0.25, 0.3) is 0 Å². The second kappa shape index (κ2) is 7.25. The highest BCUT2D eigenvalue weighted by Gasteiger charge is 2.27. The Kier molecular flexibility index (Phi) is 6.27. The first kappa shape index (κ1) is 16.4. The molecule has 0 spiro atoms. The molecule has 1 fully saturated rings. The maximum absolute atomic E-state index is 11.9. The second-order valence-electron chi connectivity index (χ2n) is 7.06. The summed E-state index contributed by atoms with van der Waals surface area (Å²) in [6.45, 7) is 12.4. The fourth-order valence-corrected chi connectivity index (χ4v) is 2.43. The van der Waals surface area contributed by atoms with Crippen LogP contribution >= 0.6 is 0 Å². The van der Waals surface area contributed by atoms with E-state index in [1.54, 1.807) is 0 Å². The minimum absolute atomic E-state index is 0.0296. The van der Waals surface area contributed by atoms with Crippen molar-refractivity contribution in [2.75, 3.05) is 26.2 Å². The lowest BCUT2D eigenvalue weighted by Gasteiger charge is -2.30. The highest BCUT2D eigenvalue weighted by Crippen LogP contribution is 2.17. The Morgan fingerprint density at radius 3 is 2.37 bits per heavy atom. The fraction of sp³-hybridized carbons (Fsp3) is 0.933. The topological polar surface area (TPSA) is 58.4 Å². The number of carbonyl (C=O) groups excluding carboxylic acids is 1. The molecule has 3 N–H and O–H groups in total. The number of rotatable bonds is 5. The number of piperidine rings is 1. The molecule has 1 aliphatic heterocycles. The quantitative estimate of drug-likeness (QED) is 0.797. The normalized spacial score (nSPS) is 20.9. The van der Waals surface area contributed by atoms with E-state index in [-0.39, 0.29) is 11.3 Å². The number of nitrogens with one attached hydrogen (secondary N) is 1. The Balaban J connectivity index is 2.25. The zero-order valence-electron chi connectivity index (χ0n) is 13.0. The number of hydrogen-bond acceptors (Lipinski definition) is 3. The first-order valence-electron chi connectivity index (χ1n) is 7.56. The van der Waals surface area contributed by atoms with Crippen molar-refractivity contribution >= 4 is 5.91 Å². The Labute approximate surface area is 118 Å². The van der Waals surface area contributed by atoms with Gasteiger partial charge in [0.2, 0.25) is 5.91 Å². The van der Waals surface area contributed by atoms with E-state index in [0.29, 0.717) is 5.92 Å². The summed E-state index contributed by atoms with van der Waals surface area (Å²) in [6.07, 6.45) is 3.99. The molecule has 0 saturated carbocycles. The van der Waals surface area contributed by atoms with Gasteiger partial charge < -0.3 is 16.0 Å². The van der Waals surface area contributed by atoms with E-state index in [1.165, 1.54) is 32.4 Å². The van der Waals surface area contributed by atoms with E-state index in [2.05, 4.69) is 17.1 Å². The standard InChI is InChI=1S/C15H31N3O/c1-12(11-18-8-6-5-7-9-18)10-17-14(19)13(16)15(2,3)4/h12-13H,5-11,16H2,1-4H3,(H,17,19)/t12?,13-/m0/s1. The predicted molar refractivity (Wildman–Crippen MR) is 79.9 cm³/mol. The van der Waals surface area contributed by atoms with Gasteiger partial charge in [-0.1, -0.05) is 34.1 Å². The lowest BCUT2D eigenvalue weighted by molar-refractivity contribution is -0.124. The first-order chi connectivity index (χ1) is 8.80. The van der Waals surface area contributed by atoms with Crippen LogP contribution in [0.15, 0.2) is 0 Å². The van der Waals surface area contributed by atoms with Crippen molar-refractivity contribution in [3.8, 4) is 0 Å². The molecule has 0 aromatic carbocycles. The minimum atomic E-state index is -0.435. The Morgan fingerprint density at radius 1 is 1.26 bits per heavy atom. The molecule has 0 aromatic heterocycles.